The smallest absolute Gasteiger partial charge is 0.306 e. The maximum atomic E-state index is 12.6. The number of piperidine rings is 1. The highest BCUT2D eigenvalue weighted by atomic mass is 16.5. The van der Waals surface area contributed by atoms with Gasteiger partial charge in [0.1, 0.15) is 0 Å². The van der Waals surface area contributed by atoms with Crippen LogP contribution in [0.4, 0.5) is 0 Å². The van der Waals surface area contributed by atoms with Gasteiger partial charge in [-0.3, -0.25) is 9.59 Å². The van der Waals surface area contributed by atoms with Crippen LogP contribution in [0.5, 0.6) is 11.5 Å². The van der Waals surface area contributed by atoms with E-state index in [1.54, 1.807) is 23.1 Å². The van der Waals surface area contributed by atoms with Crippen LogP contribution in [0.1, 0.15) is 37.0 Å². The Bertz CT molecular complexity index is 576. The zero-order chi connectivity index (χ0) is 17.0. The monoisotopic (exact) mass is 321 g/mol. The Morgan fingerprint density at radius 1 is 1.22 bits per heavy atom. The second-order valence-corrected chi connectivity index (χ2v) is 5.94. The van der Waals surface area contributed by atoms with Crippen molar-refractivity contribution in [3.63, 3.8) is 0 Å². The third-order valence-corrected chi connectivity index (χ3v) is 3.90. The van der Waals surface area contributed by atoms with Crippen LogP contribution < -0.4 is 9.47 Å². The molecule has 23 heavy (non-hydrogen) atoms. The average molecular weight is 321 g/mol. The lowest BCUT2D eigenvalue weighted by Crippen LogP contribution is -2.40. The fourth-order valence-electron chi connectivity index (χ4n) is 2.66. The van der Waals surface area contributed by atoms with Crippen LogP contribution in [0.15, 0.2) is 18.2 Å². The Balaban J connectivity index is 2.09. The third kappa shape index (κ3) is 4.15. The molecule has 1 aliphatic rings. The second kappa shape index (κ2) is 7.35. The number of methoxy groups -OCH3 is 1. The normalized spacial score (nSPS) is 15.6. The summed E-state index contributed by atoms with van der Waals surface area (Å²) in [5.74, 6) is -0.124. The topological polar surface area (TPSA) is 76.1 Å². The van der Waals surface area contributed by atoms with E-state index in [1.165, 1.54) is 7.11 Å². The number of aliphatic carboxylic acids is 1. The summed E-state index contributed by atoms with van der Waals surface area (Å²) in [4.78, 5) is 25.2. The molecule has 0 aromatic heterocycles. The van der Waals surface area contributed by atoms with E-state index in [9.17, 15) is 9.59 Å². The van der Waals surface area contributed by atoms with E-state index in [-0.39, 0.29) is 17.9 Å². The van der Waals surface area contributed by atoms with Gasteiger partial charge in [-0.1, -0.05) is 0 Å². The first-order chi connectivity index (χ1) is 10.9. The van der Waals surface area contributed by atoms with Gasteiger partial charge in [0.2, 0.25) is 0 Å². The van der Waals surface area contributed by atoms with Crippen molar-refractivity contribution in [2.75, 3.05) is 20.2 Å². The molecule has 0 bridgehead atoms. The van der Waals surface area contributed by atoms with Gasteiger partial charge < -0.3 is 19.5 Å². The maximum absolute atomic E-state index is 12.6. The summed E-state index contributed by atoms with van der Waals surface area (Å²) < 4.78 is 10.9. The molecule has 1 aromatic rings. The molecule has 126 valence electrons. The van der Waals surface area contributed by atoms with Crippen LogP contribution in [-0.4, -0.2) is 48.2 Å². The van der Waals surface area contributed by atoms with Crippen LogP contribution in [0.3, 0.4) is 0 Å². The molecular weight excluding hydrogens is 298 g/mol. The van der Waals surface area contributed by atoms with Crippen molar-refractivity contribution in [3.05, 3.63) is 23.8 Å². The molecule has 0 radical (unpaired) electrons. The Morgan fingerprint density at radius 3 is 2.39 bits per heavy atom. The van der Waals surface area contributed by atoms with Gasteiger partial charge in [-0.05, 0) is 44.9 Å². The predicted octanol–water partition coefficient (Wildman–Crippen LogP) is 2.42. The number of amides is 1. The highest BCUT2D eigenvalue weighted by Crippen LogP contribution is 2.30. The van der Waals surface area contributed by atoms with Crippen molar-refractivity contribution in [2.24, 2.45) is 5.92 Å². The van der Waals surface area contributed by atoms with E-state index < -0.39 is 5.97 Å². The lowest BCUT2D eigenvalue weighted by atomic mass is 9.96. The highest BCUT2D eigenvalue weighted by molar-refractivity contribution is 5.95. The number of carboxylic acid groups (broad SMARTS) is 1. The van der Waals surface area contributed by atoms with Crippen LogP contribution in [0, 0.1) is 5.92 Å². The molecule has 0 atom stereocenters. The highest BCUT2D eigenvalue weighted by Gasteiger charge is 2.27. The average Bonchev–Trinajstić information content (AvgIpc) is 2.54. The summed E-state index contributed by atoms with van der Waals surface area (Å²) in [5, 5.41) is 9.02. The van der Waals surface area contributed by atoms with E-state index in [2.05, 4.69) is 0 Å². The molecule has 0 spiro atoms. The lowest BCUT2D eigenvalue weighted by Gasteiger charge is -2.30. The van der Waals surface area contributed by atoms with Crippen molar-refractivity contribution >= 4 is 11.9 Å². The van der Waals surface area contributed by atoms with Crippen LogP contribution >= 0.6 is 0 Å². The number of benzene rings is 1. The molecule has 2 rings (SSSR count). The molecule has 1 saturated heterocycles. The van der Waals surface area contributed by atoms with E-state index in [4.69, 9.17) is 14.6 Å². The minimum atomic E-state index is -0.783. The first-order valence-corrected chi connectivity index (χ1v) is 7.79. The lowest BCUT2D eigenvalue weighted by molar-refractivity contribution is -0.143. The Morgan fingerprint density at radius 2 is 1.87 bits per heavy atom. The minimum Gasteiger partial charge on any atom is -0.493 e. The number of hydrogen-bond acceptors (Lipinski definition) is 4. The van der Waals surface area contributed by atoms with Gasteiger partial charge >= 0.3 is 5.97 Å². The molecule has 1 aliphatic heterocycles. The van der Waals surface area contributed by atoms with Gasteiger partial charge in [0.15, 0.2) is 11.5 Å². The molecular formula is C17H23NO5. The summed E-state index contributed by atoms with van der Waals surface area (Å²) in [6.45, 7) is 4.76. The van der Waals surface area contributed by atoms with Gasteiger partial charge in [0, 0.05) is 18.7 Å². The number of likely N-dealkylation sites (tertiary alicyclic amines) is 1. The number of rotatable bonds is 5. The van der Waals surface area contributed by atoms with Crippen LogP contribution in [-0.2, 0) is 4.79 Å². The SMILES string of the molecule is COc1cc(C(=O)N2CCC(C(=O)O)CC2)ccc1OC(C)C. The molecule has 6 nitrogen and oxygen atoms in total. The molecule has 1 aromatic carbocycles. The van der Waals surface area contributed by atoms with Gasteiger partial charge in [0.05, 0.1) is 19.1 Å². The molecule has 1 fully saturated rings. The van der Waals surface area contributed by atoms with Crippen LogP contribution in [0.25, 0.3) is 0 Å². The van der Waals surface area contributed by atoms with Gasteiger partial charge in [0.25, 0.3) is 5.91 Å². The number of ether oxygens (including phenoxy) is 2. The third-order valence-electron chi connectivity index (χ3n) is 3.90. The number of carbonyl (C=O) groups excluding carboxylic acids is 1. The number of carbonyl (C=O) groups is 2. The van der Waals surface area contributed by atoms with E-state index in [1.807, 2.05) is 13.8 Å². The van der Waals surface area contributed by atoms with Crippen molar-refractivity contribution in [1.82, 2.24) is 4.90 Å². The summed E-state index contributed by atoms with van der Waals surface area (Å²) in [6, 6.07) is 5.12. The Labute approximate surface area is 136 Å². The van der Waals surface area contributed by atoms with Crippen molar-refractivity contribution in [2.45, 2.75) is 32.8 Å². The molecule has 0 saturated carbocycles. The predicted molar refractivity (Wildman–Crippen MR) is 85.0 cm³/mol. The number of nitrogens with zero attached hydrogens (tertiary/aromatic N) is 1. The fraction of sp³-hybridized carbons (Fsp3) is 0.529. The van der Waals surface area contributed by atoms with E-state index in [0.29, 0.717) is 43.0 Å². The summed E-state index contributed by atoms with van der Waals surface area (Å²) in [5.41, 5.74) is 0.520. The zero-order valence-corrected chi connectivity index (χ0v) is 13.7. The van der Waals surface area contributed by atoms with Crippen molar-refractivity contribution in [1.29, 1.82) is 0 Å². The Hall–Kier alpha value is -2.24. The van der Waals surface area contributed by atoms with Gasteiger partial charge in [-0.2, -0.15) is 0 Å². The molecule has 0 unspecified atom stereocenters. The van der Waals surface area contributed by atoms with Crippen LogP contribution in [0.2, 0.25) is 0 Å². The van der Waals surface area contributed by atoms with E-state index in [0.717, 1.165) is 0 Å². The molecule has 1 amide bonds. The first-order valence-electron chi connectivity index (χ1n) is 7.79. The maximum Gasteiger partial charge on any atom is 0.306 e. The number of hydrogen-bond donors (Lipinski definition) is 1. The quantitative estimate of drug-likeness (QED) is 0.901. The summed E-state index contributed by atoms with van der Waals surface area (Å²) >= 11 is 0. The van der Waals surface area contributed by atoms with Gasteiger partial charge in [-0.25, -0.2) is 0 Å². The Kier molecular flexibility index (Phi) is 5.47. The molecule has 0 aliphatic carbocycles. The second-order valence-electron chi connectivity index (χ2n) is 5.94. The first kappa shape index (κ1) is 17.1. The molecule has 1 heterocycles. The van der Waals surface area contributed by atoms with Crippen molar-refractivity contribution in [3.8, 4) is 11.5 Å². The fourth-order valence-corrected chi connectivity index (χ4v) is 2.66. The molecule has 6 heteroatoms. The van der Waals surface area contributed by atoms with Gasteiger partial charge in [-0.15, -0.1) is 0 Å². The van der Waals surface area contributed by atoms with Crippen molar-refractivity contribution < 1.29 is 24.2 Å². The molecule has 1 N–H and O–H groups in total. The largest absolute Gasteiger partial charge is 0.493 e. The van der Waals surface area contributed by atoms with E-state index >= 15 is 0 Å². The zero-order valence-electron chi connectivity index (χ0n) is 13.7. The standard InChI is InChI=1S/C17H23NO5/c1-11(2)23-14-5-4-13(10-15(14)22-3)16(19)18-8-6-12(7-9-18)17(20)21/h4-5,10-12H,6-9H2,1-3H3,(H,20,21). The summed E-state index contributed by atoms with van der Waals surface area (Å²) in [7, 11) is 1.54. The summed E-state index contributed by atoms with van der Waals surface area (Å²) in [6.07, 6.45) is 1.000. The minimum absolute atomic E-state index is 0.0144. The number of carboxylic acids is 1.